The third-order valence-corrected chi connectivity index (χ3v) is 4.95. The molecule has 130 valence electrons. The van der Waals surface area contributed by atoms with E-state index in [0.717, 1.165) is 25.7 Å². The summed E-state index contributed by atoms with van der Waals surface area (Å²) in [6.45, 7) is 1.37. The number of aromatic nitrogens is 1. The predicted molar refractivity (Wildman–Crippen MR) is 91.7 cm³/mol. The Bertz CT molecular complexity index is 549. The Balaban J connectivity index is 1.42. The Morgan fingerprint density at radius 3 is 2.33 bits per heavy atom. The van der Waals surface area contributed by atoms with Crippen LogP contribution in [-0.2, 0) is 0 Å². The van der Waals surface area contributed by atoms with Gasteiger partial charge in [0.1, 0.15) is 5.69 Å². The van der Waals surface area contributed by atoms with Gasteiger partial charge in [-0.15, -0.1) is 0 Å². The Morgan fingerprint density at radius 2 is 1.67 bits per heavy atom. The molecule has 0 aromatic carbocycles. The van der Waals surface area contributed by atoms with E-state index in [-0.39, 0.29) is 18.0 Å². The summed E-state index contributed by atoms with van der Waals surface area (Å²) < 4.78 is 0. The minimum atomic E-state index is -0.138. The lowest BCUT2D eigenvalue weighted by Gasteiger charge is -2.34. The van der Waals surface area contributed by atoms with E-state index >= 15 is 0 Å². The normalized spacial score (nSPS) is 19.8. The van der Waals surface area contributed by atoms with E-state index in [2.05, 4.69) is 15.6 Å². The summed E-state index contributed by atoms with van der Waals surface area (Å²) in [4.78, 5) is 30.4. The van der Waals surface area contributed by atoms with Crippen molar-refractivity contribution in [3.63, 3.8) is 0 Å². The zero-order valence-corrected chi connectivity index (χ0v) is 14.0. The number of carbonyl (C=O) groups is 2. The smallest absolute Gasteiger partial charge is 0.317 e. The van der Waals surface area contributed by atoms with Crippen molar-refractivity contribution in [3.05, 3.63) is 30.1 Å². The van der Waals surface area contributed by atoms with E-state index in [4.69, 9.17) is 0 Å². The number of nitrogens with one attached hydrogen (secondary N) is 2. The predicted octanol–water partition coefficient (Wildman–Crippen LogP) is 2.32. The Kier molecular flexibility index (Phi) is 5.67. The highest BCUT2D eigenvalue weighted by atomic mass is 16.2. The van der Waals surface area contributed by atoms with E-state index in [1.807, 2.05) is 4.90 Å². The van der Waals surface area contributed by atoms with E-state index in [1.54, 1.807) is 24.4 Å². The van der Waals surface area contributed by atoms with Gasteiger partial charge in [0, 0.05) is 31.4 Å². The summed E-state index contributed by atoms with van der Waals surface area (Å²) >= 11 is 0. The molecule has 1 aromatic rings. The molecule has 6 nitrogen and oxygen atoms in total. The molecule has 6 heteroatoms. The van der Waals surface area contributed by atoms with Crippen molar-refractivity contribution < 1.29 is 9.59 Å². The van der Waals surface area contributed by atoms with Gasteiger partial charge in [0.25, 0.3) is 5.91 Å². The SMILES string of the molecule is O=C(NC1CCN(C(=O)NC2CCCCC2)CC1)c1ccccn1. The number of nitrogens with zero attached hydrogens (tertiary/aromatic N) is 2. The van der Waals surface area contributed by atoms with E-state index in [1.165, 1.54) is 19.3 Å². The average molecular weight is 330 g/mol. The van der Waals surface area contributed by atoms with Crippen LogP contribution in [0.25, 0.3) is 0 Å². The molecule has 1 aliphatic carbocycles. The highest BCUT2D eigenvalue weighted by Gasteiger charge is 2.26. The molecular formula is C18H26N4O2. The lowest BCUT2D eigenvalue weighted by atomic mass is 9.95. The highest BCUT2D eigenvalue weighted by Crippen LogP contribution is 2.18. The van der Waals surface area contributed by atoms with Gasteiger partial charge in [0.2, 0.25) is 0 Å². The number of hydrogen-bond acceptors (Lipinski definition) is 3. The third kappa shape index (κ3) is 4.46. The number of hydrogen-bond donors (Lipinski definition) is 2. The molecule has 1 aliphatic heterocycles. The Labute approximate surface area is 143 Å². The van der Waals surface area contributed by atoms with Crippen LogP contribution in [0.1, 0.15) is 55.4 Å². The van der Waals surface area contributed by atoms with Gasteiger partial charge in [0.15, 0.2) is 0 Å². The zero-order chi connectivity index (χ0) is 16.8. The summed E-state index contributed by atoms with van der Waals surface area (Å²) in [5.41, 5.74) is 0.440. The molecule has 2 fully saturated rings. The Hall–Kier alpha value is -2.11. The second-order valence-corrected chi connectivity index (χ2v) is 6.73. The molecular weight excluding hydrogens is 304 g/mol. The quantitative estimate of drug-likeness (QED) is 0.893. The van der Waals surface area contributed by atoms with E-state index < -0.39 is 0 Å². The van der Waals surface area contributed by atoms with Gasteiger partial charge in [-0.1, -0.05) is 25.3 Å². The van der Waals surface area contributed by atoms with Crippen molar-refractivity contribution in [2.45, 2.75) is 57.0 Å². The fourth-order valence-corrected chi connectivity index (χ4v) is 3.50. The number of carbonyl (C=O) groups excluding carboxylic acids is 2. The molecule has 1 saturated carbocycles. The molecule has 0 atom stereocenters. The van der Waals surface area contributed by atoms with Crippen LogP contribution in [0.3, 0.4) is 0 Å². The number of pyridine rings is 1. The van der Waals surface area contributed by atoms with Crippen LogP contribution in [0.2, 0.25) is 0 Å². The van der Waals surface area contributed by atoms with Gasteiger partial charge in [0.05, 0.1) is 0 Å². The fourth-order valence-electron chi connectivity index (χ4n) is 3.50. The molecule has 0 radical (unpaired) electrons. The van der Waals surface area contributed by atoms with Crippen molar-refractivity contribution in [1.29, 1.82) is 0 Å². The van der Waals surface area contributed by atoms with Crippen molar-refractivity contribution >= 4 is 11.9 Å². The first-order valence-corrected chi connectivity index (χ1v) is 9.00. The summed E-state index contributed by atoms with van der Waals surface area (Å²) in [6.07, 6.45) is 9.11. The third-order valence-electron chi connectivity index (χ3n) is 4.95. The van der Waals surface area contributed by atoms with Gasteiger partial charge in [-0.05, 0) is 37.8 Å². The standard InChI is InChI=1S/C18H26N4O2/c23-17(16-8-4-5-11-19-16)20-15-9-12-22(13-10-15)18(24)21-14-6-2-1-3-7-14/h4-5,8,11,14-15H,1-3,6-7,9-10,12-13H2,(H,20,23)(H,21,24). The minimum Gasteiger partial charge on any atom is -0.348 e. The summed E-state index contributed by atoms with van der Waals surface area (Å²) in [6, 6.07) is 5.81. The molecule has 1 aromatic heterocycles. The van der Waals surface area contributed by atoms with Crippen LogP contribution < -0.4 is 10.6 Å². The van der Waals surface area contributed by atoms with Crippen LogP contribution >= 0.6 is 0 Å². The first-order chi connectivity index (χ1) is 11.7. The summed E-state index contributed by atoms with van der Waals surface area (Å²) in [5.74, 6) is -0.138. The molecule has 2 aliphatic rings. The van der Waals surface area contributed by atoms with Gasteiger partial charge < -0.3 is 15.5 Å². The maximum atomic E-state index is 12.3. The van der Waals surface area contributed by atoms with Gasteiger partial charge >= 0.3 is 6.03 Å². The highest BCUT2D eigenvalue weighted by molar-refractivity contribution is 5.92. The molecule has 24 heavy (non-hydrogen) atoms. The molecule has 0 bridgehead atoms. The minimum absolute atomic E-state index is 0.0522. The molecule has 1 saturated heterocycles. The molecule has 3 rings (SSSR count). The molecule has 2 heterocycles. The molecule has 3 amide bonds. The van der Waals surface area contributed by atoms with Gasteiger partial charge in [-0.2, -0.15) is 0 Å². The van der Waals surface area contributed by atoms with Crippen LogP contribution in [0, 0.1) is 0 Å². The van der Waals surface area contributed by atoms with Crippen LogP contribution in [-0.4, -0.2) is 47.0 Å². The average Bonchev–Trinajstić information content (AvgIpc) is 2.64. The summed E-state index contributed by atoms with van der Waals surface area (Å²) in [7, 11) is 0. The van der Waals surface area contributed by atoms with E-state index in [0.29, 0.717) is 24.8 Å². The van der Waals surface area contributed by atoms with Gasteiger partial charge in [-0.3, -0.25) is 9.78 Å². The van der Waals surface area contributed by atoms with Crippen molar-refractivity contribution in [2.75, 3.05) is 13.1 Å². The largest absolute Gasteiger partial charge is 0.348 e. The van der Waals surface area contributed by atoms with Crippen molar-refractivity contribution in [2.24, 2.45) is 0 Å². The van der Waals surface area contributed by atoms with Crippen LogP contribution in [0.15, 0.2) is 24.4 Å². The maximum absolute atomic E-state index is 12.3. The zero-order valence-electron chi connectivity index (χ0n) is 14.0. The van der Waals surface area contributed by atoms with E-state index in [9.17, 15) is 9.59 Å². The van der Waals surface area contributed by atoms with Crippen LogP contribution in [0.4, 0.5) is 4.79 Å². The Morgan fingerprint density at radius 1 is 0.958 bits per heavy atom. The number of urea groups is 1. The first-order valence-electron chi connectivity index (χ1n) is 9.00. The molecule has 2 N–H and O–H groups in total. The number of amides is 3. The monoisotopic (exact) mass is 330 g/mol. The number of rotatable bonds is 3. The van der Waals surface area contributed by atoms with Crippen LogP contribution in [0.5, 0.6) is 0 Å². The van der Waals surface area contributed by atoms with Crippen molar-refractivity contribution in [1.82, 2.24) is 20.5 Å². The number of likely N-dealkylation sites (tertiary alicyclic amines) is 1. The van der Waals surface area contributed by atoms with Crippen molar-refractivity contribution in [3.8, 4) is 0 Å². The lowest BCUT2D eigenvalue weighted by molar-refractivity contribution is 0.0912. The topological polar surface area (TPSA) is 74.3 Å². The first kappa shape index (κ1) is 16.7. The fraction of sp³-hybridized carbons (Fsp3) is 0.611. The molecule has 0 spiro atoms. The number of piperidine rings is 1. The second kappa shape index (κ2) is 8.13. The lowest BCUT2D eigenvalue weighted by Crippen LogP contribution is -2.51. The molecule has 0 unspecified atom stereocenters. The maximum Gasteiger partial charge on any atom is 0.317 e. The van der Waals surface area contributed by atoms with Gasteiger partial charge in [-0.25, -0.2) is 4.79 Å². The second-order valence-electron chi connectivity index (χ2n) is 6.73. The summed E-state index contributed by atoms with van der Waals surface area (Å²) in [5, 5.41) is 6.18.